The Hall–Kier alpha value is -1.07. The standard InChI is InChI=1S/C14H20F3NO/c1-4-13(3,9-19)18-10(2)11-5-7-12(8-6-11)14(15,16)17/h5-8,10,18-19H,4,9H2,1-3H3. The molecule has 108 valence electrons. The maximum absolute atomic E-state index is 12.5. The lowest BCUT2D eigenvalue weighted by atomic mass is 9.96. The van der Waals surface area contributed by atoms with Gasteiger partial charge in [0.15, 0.2) is 0 Å². The van der Waals surface area contributed by atoms with E-state index in [1.807, 2.05) is 20.8 Å². The molecular weight excluding hydrogens is 255 g/mol. The van der Waals surface area contributed by atoms with E-state index >= 15 is 0 Å². The van der Waals surface area contributed by atoms with Crippen LogP contribution in [0.4, 0.5) is 13.2 Å². The lowest BCUT2D eigenvalue weighted by Crippen LogP contribution is -2.46. The molecule has 0 aliphatic heterocycles. The molecule has 0 amide bonds. The molecule has 0 spiro atoms. The van der Waals surface area contributed by atoms with Crippen molar-refractivity contribution < 1.29 is 18.3 Å². The Labute approximate surface area is 111 Å². The summed E-state index contributed by atoms with van der Waals surface area (Å²) in [4.78, 5) is 0. The van der Waals surface area contributed by atoms with Crippen LogP contribution in [-0.2, 0) is 6.18 Å². The van der Waals surface area contributed by atoms with Crippen LogP contribution in [-0.4, -0.2) is 17.3 Å². The summed E-state index contributed by atoms with van der Waals surface area (Å²) in [6.45, 7) is 5.68. The molecule has 1 aromatic rings. The monoisotopic (exact) mass is 275 g/mol. The number of rotatable bonds is 5. The average molecular weight is 275 g/mol. The van der Waals surface area contributed by atoms with Gasteiger partial charge in [0.05, 0.1) is 12.2 Å². The van der Waals surface area contributed by atoms with Gasteiger partial charge in [-0.1, -0.05) is 19.1 Å². The summed E-state index contributed by atoms with van der Waals surface area (Å²) in [6.07, 6.45) is -3.58. The third kappa shape index (κ3) is 4.21. The SMILES string of the molecule is CCC(C)(CO)NC(C)c1ccc(C(F)(F)F)cc1. The molecule has 2 nitrogen and oxygen atoms in total. The van der Waals surface area contributed by atoms with E-state index in [0.717, 1.165) is 24.1 Å². The van der Waals surface area contributed by atoms with Gasteiger partial charge in [-0.05, 0) is 38.0 Å². The highest BCUT2D eigenvalue weighted by Gasteiger charge is 2.30. The molecule has 2 N–H and O–H groups in total. The number of halogens is 3. The van der Waals surface area contributed by atoms with Crippen molar-refractivity contribution in [1.82, 2.24) is 5.32 Å². The molecule has 1 aromatic carbocycles. The lowest BCUT2D eigenvalue weighted by molar-refractivity contribution is -0.137. The highest BCUT2D eigenvalue weighted by Crippen LogP contribution is 2.30. The number of aliphatic hydroxyl groups excluding tert-OH is 1. The summed E-state index contributed by atoms with van der Waals surface area (Å²) in [7, 11) is 0. The molecule has 0 bridgehead atoms. The average Bonchev–Trinajstić information content (AvgIpc) is 2.37. The topological polar surface area (TPSA) is 32.3 Å². The minimum absolute atomic E-state index is 0.0194. The number of benzene rings is 1. The maximum Gasteiger partial charge on any atom is 0.416 e. The Bertz CT molecular complexity index is 396. The van der Waals surface area contributed by atoms with Crippen LogP contribution >= 0.6 is 0 Å². The predicted octanol–water partition coefficient (Wildman–Crippen LogP) is 3.52. The second kappa shape index (κ2) is 5.92. The molecule has 0 aliphatic carbocycles. The van der Waals surface area contributed by atoms with E-state index in [2.05, 4.69) is 5.32 Å². The number of nitrogens with one attached hydrogen (secondary N) is 1. The first-order chi connectivity index (χ1) is 8.72. The van der Waals surface area contributed by atoms with E-state index < -0.39 is 17.3 Å². The number of hydrogen-bond acceptors (Lipinski definition) is 2. The third-order valence-electron chi connectivity index (χ3n) is 3.43. The van der Waals surface area contributed by atoms with Crippen molar-refractivity contribution in [2.45, 2.75) is 44.9 Å². The van der Waals surface area contributed by atoms with Crippen LogP contribution in [0.15, 0.2) is 24.3 Å². The van der Waals surface area contributed by atoms with Gasteiger partial charge >= 0.3 is 6.18 Å². The van der Waals surface area contributed by atoms with Crippen molar-refractivity contribution in [3.8, 4) is 0 Å². The largest absolute Gasteiger partial charge is 0.416 e. The summed E-state index contributed by atoms with van der Waals surface area (Å²) in [6, 6.07) is 4.97. The van der Waals surface area contributed by atoms with Crippen LogP contribution in [0.3, 0.4) is 0 Å². The maximum atomic E-state index is 12.5. The Morgan fingerprint density at radius 3 is 2.11 bits per heavy atom. The molecule has 0 radical (unpaired) electrons. The van der Waals surface area contributed by atoms with Gasteiger partial charge in [-0.15, -0.1) is 0 Å². The molecule has 1 rings (SSSR count). The first kappa shape index (κ1) is 16.0. The molecule has 0 fully saturated rings. The first-order valence-electron chi connectivity index (χ1n) is 6.27. The molecule has 0 saturated carbocycles. The Kier molecular flexibility index (Phi) is 4.98. The van der Waals surface area contributed by atoms with Crippen molar-refractivity contribution in [1.29, 1.82) is 0 Å². The zero-order valence-corrected chi connectivity index (χ0v) is 11.4. The van der Waals surface area contributed by atoms with Crippen LogP contribution in [0.2, 0.25) is 0 Å². The summed E-state index contributed by atoms with van der Waals surface area (Å²) < 4.78 is 37.4. The molecule has 0 aromatic heterocycles. The van der Waals surface area contributed by atoms with Crippen molar-refractivity contribution in [3.05, 3.63) is 35.4 Å². The minimum atomic E-state index is -4.31. The second-order valence-corrected chi connectivity index (χ2v) is 5.06. The van der Waals surface area contributed by atoms with E-state index in [-0.39, 0.29) is 12.6 Å². The summed E-state index contributed by atoms with van der Waals surface area (Å²) >= 11 is 0. The quantitative estimate of drug-likeness (QED) is 0.861. The van der Waals surface area contributed by atoms with Crippen molar-refractivity contribution in [2.75, 3.05) is 6.61 Å². The molecular formula is C14H20F3NO. The van der Waals surface area contributed by atoms with E-state index in [0.29, 0.717) is 0 Å². The van der Waals surface area contributed by atoms with Gasteiger partial charge < -0.3 is 10.4 Å². The van der Waals surface area contributed by atoms with Gasteiger partial charge in [0, 0.05) is 11.6 Å². The number of hydrogen-bond donors (Lipinski definition) is 2. The van der Waals surface area contributed by atoms with Crippen molar-refractivity contribution >= 4 is 0 Å². The highest BCUT2D eigenvalue weighted by molar-refractivity contribution is 5.26. The van der Waals surface area contributed by atoms with E-state index in [4.69, 9.17) is 0 Å². The zero-order valence-electron chi connectivity index (χ0n) is 11.4. The van der Waals surface area contributed by atoms with Crippen LogP contribution < -0.4 is 5.32 Å². The fourth-order valence-corrected chi connectivity index (χ4v) is 1.83. The zero-order chi connectivity index (χ0) is 14.7. The fraction of sp³-hybridized carbons (Fsp3) is 0.571. The third-order valence-corrected chi connectivity index (χ3v) is 3.43. The van der Waals surface area contributed by atoms with Crippen LogP contribution in [0, 0.1) is 0 Å². The van der Waals surface area contributed by atoms with Gasteiger partial charge in [-0.2, -0.15) is 13.2 Å². The van der Waals surface area contributed by atoms with Gasteiger partial charge in [0.1, 0.15) is 0 Å². The molecule has 0 saturated heterocycles. The second-order valence-electron chi connectivity index (χ2n) is 5.06. The molecule has 5 heteroatoms. The Morgan fingerprint density at radius 1 is 1.21 bits per heavy atom. The summed E-state index contributed by atoms with van der Waals surface area (Å²) in [5, 5.41) is 12.6. The smallest absolute Gasteiger partial charge is 0.394 e. The molecule has 19 heavy (non-hydrogen) atoms. The Balaban J connectivity index is 2.81. The highest BCUT2D eigenvalue weighted by atomic mass is 19.4. The van der Waals surface area contributed by atoms with Gasteiger partial charge in [0.25, 0.3) is 0 Å². The molecule has 2 atom stereocenters. The van der Waals surface area contributed by atoms with Crippen LogP contribution in [0.25, 0.3) is 0 Å². The number of aliphatic hydroxyl groups is 1. The Morgan fingerprint density at radius 2 is 1.74 bits per heavy atom. The molecule has 2 unspecified atom stereocenters. The summed E-state index contributed by atoms with van der Waals surface area (Å²) in [5.74, 6) is 0. The summed E-state index contributed by atoms with van der Waals surface area (Å²) in [5.41, 5.74) is -0.313. The van der Waals surface area contributed by atoms with E-state index in [9.17, 15) is 18.3 Å². The minimum Gasteiger partial charge on any atom is -0.394 e. The van der Waals surface area contributed by atoms with Gasteiger partial charge in [-0.25, -0.2) is 0 Å². The molecule has 0 aliphatic rings. The predicted molar refractivity (Wildman–Crippen MR) is 68.8 cm³/mol. The van der Waals surface area contributed by atoms with Gasteiger partial charge in [0.2, 0.25) is 0 Å². The fourth-order valence-electron chi connectivity index (χ4n) is 1.83. The van der Waals surface area contributed by atoms with Gasteiger partial charge in [-0.3, -0.25) is 0 Å². The van der Waals surface area contributed by atoms with Crippen LogP contribution in [0.1, 0.15) is 44.4 Å². The van der Waals surface area contributed by atoms with Crippen molar-refractivity contribution in [2.24, 2.45) is 0 Å². The van der Waals surface area contributed by atoms with Crippen molar-refractivity contribution in [3.63, 3.8) is 0 Å². The van der Waals surface area contributed by atoms with E-state index in [1.54, 1.807) is 0 Å². The normalized spacial score (nSPS) is 17.0. The lowest BCUT2D eigenvalue weighted by Gasteiger charge is -2.31. The first-order valence-corrected chi connectivity index (χ1v) is 6.27. The number of alkyl halides is 3. The molecule has 0 heterocycles. The van der Waals surface area contributed by atoms with Crippen LogP contribution in [0.5, 0.6) is 0 Å². The van der Waals surface area contributed by atoms with E-state index in [1.165, 1.54) is 12.1 Å².